The van der Waals surface area contributed by atoms with E-state index in [0.29, 0.717) is 56.9 Å². The van der Waals surface area contributed by atoms with E-state index in [1.807, 2.05) is 0 Å². The number of thioether (sulfide) groups is 1. The van der Waals surface area contributed by atoms with E-state index in [2.05, 4.69) is 5.32 Å². The number of carbonyl (C=O) groups is 1. The van der Waals surface area contributed by atoms with Crippen molar-refractivity contribution in [3.63, 3.8) is 0 Å². The van der Waals surface area contributed by atoms with Crippen LogP contribution in [0.25, 0.3) is 10.9 Å². The Labute approximate surface area is 215 Å². The Morgan fingerprint density at radius 3 is 2.89 bits per heavy atom. The summed E-state index contributed by atoms with van der Waals surface area (Å²) in [4.78, 5) is 30.9. The lowest BCUT2D eigenvalue weighted by Crippen LogP contribution is -2.31. The lowest BCUT2D eigenvalue weighted by Gasteiger charge is -2.14. The minimum atomic E-state index is -0.419. The Balaban J connectivity index is 1.46. The van der Waals surface area contributed by atoms with Crippen LogP contribution in [0.3, 0.4) is 0 Å². The second kappa shape index (κ2) is 10.9. The van der Waals surface area contributed by atoms with Crippen molar-refractivity contribution >= 4 is 40.2 Å². The van der Waals surface area contributed by atoms with Gasteiger partial charge in [0.15, 0.2) is 5.16 Å². The molecule has 0 spiro atoms. The summed E-state index contributed by atoms with van der Waals surface area (Å²) in [5.74, 6) is 0.306. The Kier molecular flexibility index (Phi) is 7.41. The summed E-state index contributed by atoms with van der Waals surface area (Å²) in [6.45, 7) is 1.35. The summed E-state index contributed by atoms with van der Waals surface area (Å²) < 4.78 is 26.0. The van der Waals surface area contributed by atoms with Crippen LogP contribution in [0.15, 0.2) is 69.2 Å². The fraction of sp³-hybridized carbons (Fsp3) is 0.269. The molecule has 36 heavy (non-hydrogen) atoms. The van der Waals surface area contributed by atoms with Crippen LogP contribution in [-0.2, 0) is 17.0 Å². The number of hydrogen-bond acceptors (Lipinski definition) is 6. The number of benzene rings is 2. The van der Waals surface area contributed by atoms with Crippen molar-refractivity contribution in [3.8, 4) is 0 Å². The summed E-state index contributed by atoms with van der Waals surface area (Å²) in [6, 6.07) is 12.6. The SMILES string of the molecule is O=C(NCC1CCCO1)c1ccc2c(=O)n(Cc3ccco3)c(SCc3ccc(F)cc3Cl)nc2c1. The number of aromatic nitrogens is 2. The molecule has 0 bridgehead atoms. The number of furan rings is 1. The highest BCUT2D eigenvalue weighted by Crippen LogP contribution is 2.27. The highest BCUT2D eigenvalue weighted by Gasteiger charge is 2.19. The topological polar surface area (TPSA) is 86.4 Å². The maximum Gasteiger partial charge on any atom is 0.262 e. The van der Waals surface area contributed by atoms with Crippen LogP contribution in [0.2, 0.25) is 5.02 Å². The molecule has 2 aromatic carbocycles. The molecule has 1 aliphatic heterocycles. The summed E-state index contributed by atoms with van der Waals surface area (Å²) in [5.41, 5.74) is 1.28. The molecule has 0 aliphatic carbocycles. The van der Waals surface area contributed by atoms with Gasteiger partial charge in [0.25, 0.3) is 11.5 Å². The van der Waals surface area contributed by atoms with Gasteiger partial charge in [-0.25, -0.2) is 9.37 Å². The molecule has 2 aromatic heterocycles. The van der Waals surface area contributed by atoms with Crippen molar-refractivity contribution in [3.05, 3.63) is 92.9 Å². The second-order valence-corrected chi connectivity index (χ2v) is 9.82. The van der Waals surface area contributed by atoms with Gasteiger partial charge in [-0.15, -0.1) is 0 Å². The highest BCUT2D eigenvalue weighted by atomic mass is 35.5. The molecule has 10 heteroatoms. The number of fused-ring (bicyclic) bond motifs is 1. The van der Waals surface area contributed by atoms with E-state index in [9.17, 15) is 14.0 Å². The van der Waals surface area contributed by atoms with Crippen LogP contribution in [0.5, 0.6) is 0 Å². The van der Waals surface area contributed by atoms with E-state index < -0.39 is 5.82 Å². The van der Waals surface area contributed by atoms with Gasteiger partial charge in [-0.05, 0) is 60.9 Å². The first-order valence-corrected chi connectivity index (χ1v) is 12.9. The van der Waals surface area contributed by atoms with E-state index in [-0.39, 0.29) is 24.1 Å². The lowest BCUT2D eigenvalue weighted by atomic mass is 10.1. The van der Waals surface area contributed by atoms with E-state index >= 15 is 0 Å². The van der Waals surface area contributed by atoms with E-state index in [0.717, 1.165) is 12.8 Å². The standard InChI is InChI=1S/C26H23ClFN3O4S/c27-22-12-18(28)7-5-17(22)15-36-26-30-23-11-16(24(32)29-13-19-3-1-9-34-19)6-8-21(23)25(33)31(26)14-20-4-2-10-35-20/h2,4-8,10-12,19H,1,3,9,13-15H2,(H,29,32). The number of nitrogens with zero attached hydrogens (tertiary/aromatic N) is 2. The van der Waals surface area contributed by atoms with Crippen molar-refractivity contribution in [2.75, 3.05) is 13.2 Å². The third-order valence-electron chi connectivity index (χ3n) is 5.96. The summed E-state index contributed by atoms with van der Waals surface area (Å²) in [7, 11) is 0. The average Bonchev–Trinajstić information content (AvgIpc) is 3.58. The monoisotopic (exact) mass is 527 g/mol. The molecule has 1 fully saturated rings. The maximum atomic E-state index is 13.5. The van der Waals surface area contributed by atoms with Gasteiger partial charge in [0, 0.05) is 29.5 Å². The van der Waals surface area contributed by atoms with Gasteiger partial charge in [0.05, 0.1) is 29.8 Å². The zero-order valence-electron chi connectivity index (χ0n) is 19.2. The second-order valence-electron chi connectivity index (χ2n) is 8.47. The molecule has 7 nitrogen and oxygen atoms in total. The molecule has 4 aromatic rings. The van der Waals surface area contributed by atoms with Gasteiger partial charge in [-0.3, -0.25) is 14.2 Å². The Morgan fingerprint density at radius 2 is 2.14 bits per heavy atom. The van der Waals surface area contributed by atoms with E-state index in [4.69, 9.17) is 25.7 Å². The molecule has 1 saturated heterocycles. The fourth-order valence-corrected chi connectivity index (χ4v) is 5.36. The predicted octanol–water partition coefficient (Wildman–Crippen LogP) is 5.03. The molecule has 186 valence electrons. The number of amides is 1. The number of carbonyl (C=O) groups excluding carboxylic acids is 1. The van der Waals surface area contributed by atoms with Crippen molar-refractivity contribution < 1.29 is 18.3 Å². The average molecular weight is 528 g/mol. The zero-order valence-corrected chi connectivity index (χ0v) is 20.8. The van der Waals surface area contributed by atoms with Gasteiger partial charge < -0.3 is 14.5 Å². The van der Waals surface area contributed by atoms with Crippen molar-refractivity contribution in [2.24, 2.45) is 0 Å². The van der Waals surface area contributed by atoms with Crippen LogP contribution in [-0.4, -0.2) is 34.7 Å². The smallest absolute Gasteiger partial charge is 0.262 e. The van der Waals surface area contributed by atoms with Gasteiger partial charge in [0.1, 0.15) is 11.6 Å². The van der Waals surface area contributed by atoms with Gasteiger partial charge in [-0.2, -0.15) is 0 Å². The number of hydrogen-bond donors (Lipinski definition) is 1. The van der Waals surface area contributed by atoms with Crippen molar-refractivity contribution in [1.29, 1.82) is 0 Å². The molecule has 1 unspecified atom stereocenters. The summed E-state index contributed by atoms with van der Waals surface area (Å²) in [5, 5.41) is 4.02. The molecule has 0 saturated carbocycles. The molecule has 5 rings (SSSR count). The van der Waals surface area contributed by atoms with Crippen LogP contribution in [0.4, 0.5) is 4.39 Å². The quantitative estimate of drug-likeness (QED) is 0.255. The van der Waals surface area contributed by atoms with Gasteiger partial charge in [-0.1, -0.05) is 29.4 Å². The van der Waals surface area contributed by atoms with E-state index in [1.54, 1.807) is 42.7 Å². The highest BCUT2D eigenvalue weighted by molar-refractivity contribution is 7.98. The molecule has 1 amide bonds. The zero-order chi connectivity index (χ0) is 25.1. The lowest BCUT2D eigenvalue weighted by molar-refractivity contribution is 0.0858. The molecule has 0 radical (unpaired) electrons. The molecular formula is C26H23ClFN3O4S. The summed E-state index contributed by atoms with van der Waals surface area (Å²) in [6.07, 6.45) is 3.49. The minimum Gasteiger partial charge on any atom is -0.467 e. The van der Waals surface area contributed by atoms with Crippen LogP contribution >= 0.6 is 23.4 Å². The molecular weight excluding hydrogens is 505 g/mol. The Hall–Kier alpha value is -3.14. The first-order chi connectivity index (χ1) is 17.5. The Morgan fingerprint density at radius 1 is 1.25 bits per heavy atom. The number of ether oxygens (including phenoxy) is 1. The molecule has 3 heterocycles. The largest absolute Gasteiger partial charge is 0.467 e. The first-order valence-electron chi connectivity index (χ1n) is 11.5. The fourth-order valence-electron chi connectivity index (χ4n) is 4.04. The predicted molar refractivity (Wildman–Crippen MR) is 136 cm³/mol. The number of halogens is 2. The third kappa shape index (κ3) is 5.48. The van der Waals surface area contributed by atoms with Crippen LogP contribution in [0, 0.1) is 5.82 Å². The van der Waals surface area contributed by atoms with E-state index in [1.165, 1.54) is 28.5 Å². The molecule has 1 aliphatic rings. The Bertz CT molecular complexity index is 1450. The first kappa shape index (κ1) is 24.5. The normalized spacial score (nSPS) is 15.4. The summed E-state index contributed by atoms with van der Waals surface area (Å²) >= 11 is 7.50. The van der Waals surface area contributed by atoms with Crippen molar-refractivity contribution in [1.82, 2.24) is 14.9 Å². The van der Waals surface area contributed by atoms with Gasteiger partial charge in [0.2, 0.25) is 0 Å². The van der Waals surface area contributed by atoms with Crippen molar-refractivity contribution in [2.45, 2.75) is 36.4 Å². The number of nitrogens with one attached hydrogen (secondary N) is 1. The van der Waals surface area contributed by atoms with Gasteiger partial charge >= 0.3 is 0 Å². The van der Waals surface area contributed by atoms with Crippen LogP contribution in [0.1, 0.15) is 34.5 Å². The van der Waals surface area contributed by atoms with Crippen LogP contribution < -0.4 is 10.9 Å². The third-order valence-corrected chi connectivity index (χ3v) is 7.34. The molecule has 1 N–H and O–H groups in total. The maximum absolute atomic E-state index is 13.5. The molecule has 1 atom stereocenters. The minimum absolute atomic E-state index is 0.0302. The number of rotatable bonds is 8.